The standard InChI is InChI=1S/C13H13Cl2NO/c1-5-13(3,4)16-12(17)9-6-10(14)8(2)11(15)7-9/h1,6-7H,2-4H3,(H,16,17). The molecule has 0 saturated carbocycles. The van der Waals surface area contributed by atoms with Crippen LogP contribution < -0.4 is 5.32 Å². The van der Waals surface area contributed by atoms with Gasteiger partial charge in [-0.2, -0.15) is 0 Å². The van der Waals surface area contributed by atoms with E-state index < -0.39 is 5.54 Å². The molecule has 0 spiro atoms. The minimum absolute atomic E-state index is 0.295. The van der Waals surface area contributed by atoms with Crippen LogP contribution in [0.5, 0.6) is 0 Å². The quantitative estimate of drug-likeness (QED) is 0.819. The van der Waals surface area contributed by atoms with Crippen molar-refractivity contribution in [1.82, 2.24) is 5.32 Å². The van der Waals surface area contributed by atoms with E-state index in [4.69, 9.17) is 29.6 Å². The molecular weight excluding hydrogens is 257 g/mol. The van der Waals surface area contributed by atoms with Crippen LogP contribution in [-0.4, -0.2) is 11.4 Å². The van der Waals surface area contributed by atoms with Crippen LogP contribution in [0.2, 0.25) is 10.0 Å². The van der Waals surface area contributed by atoms with Gasteiger partial charge in [-0.15, -0.1) is 6.42 Å². The summed E-state index contributed by atoms with van der Waals surface area (Å²) in [6, 6.07) is 3.15. The second-order valence-corrected chi connectivity index (χ2v) is 5.10. The van der Waals surface area contributed by atoms with Crippen molar-refractivity contribution in [3.05, 3.63) is 33.3 Å². The van der Waals surface area contributed by atoms with Crippen LogP contribution in [0.3, 0.4) is 0 Å². The molecule has 0 aliphatic heterocycles. The first-order valence-electron chi connectivity index (χ1n) is 5.03. The SMILES string of the molecule is C#CC(C)(C)NC(=O)c1cc(Cl)c(C)c(Cl)c1. The van der Waals surface area contributed by atoms with Gasteiger partial charge in [0.25, 0.3) is 5.91 Å². The summed E-state index contributed by atoms with van der Waals surface area (Å²) in [6.45, 7) is 5.27. The lowest BCUT2D eigenvalue weighted by atomic mass is 10.1. The Morgan fingerprint density at radius 2 is 1.82 bits per heavy atom. The Bertz CT molecular complexity index is 478. The van der Waals surface area contributed by atoms with E-state index >= 15 is 0 Å². The molecule has 0 heterocycles. The highest BCUT2D eigenvalue weighted by Gasteiger charge is 2.19. The van der Waals surface area contributed by atoms with Gasteiger partial charge in [0, 0.05) is 15.6 Å². The number of carbonyl (C=O) groups is 1. The van der Waals surface area contributed by atoms with Gasteiger partial charge < -0.3 is 5.32 Å². The minimum Gasteiger partial charge on any atom is -0.336 e. The molecule has 0 atom stereocenters. The predicted molar refractivity (Wildman–Crippen MR) is 71.6 cm³/mol. The lowest BCUT2D eigenvalue weighted by Crippen LogP contribution is -2.42. The average Bonchev–Trinajstić information content (AvgIpc) is 2.24. The molecule has 0 unspecified atom stereocenters. The first kappa shape index (κ1) is 13.9. The highest BCUT2D eigenvalue weighted by atomic mass is 35.5. The van der Waals surface area contributed by atoms with Crippen molar-refractivity contribution in [3.63, 3.8) is 0 Å². The van der Waals surface area contributed by atoms with Crippen LogP contribution in [0, 0.1) is 19.3 Å². The number of terminal acetylenes is 1. The minimum atomic E-state index is -0.707. The van der Waals surface area contributed by atoms with Gasteiger partial charge in [0.05, 0.1) is 5.54 Å². The van der Waals surface area contributed by atoms with Gasteiger partial charge in [0.1, 0.15) is 0 Å². The van der Waals surface area contributed by atoms with Crippen molar-refractivity contribution in [2.75, 3.05) is 0 Å². The summed E-state index contributed by atoms with van der Waals surface area (Å²) in [5, 5.41) is 3.62. The molecule has 0 saturated heterocycles. The maximum Gasteiger partial charge on any atom is 0.252 e. The molecule has 1 aromatic carbocycles. The van der Waals surface area contributed by atoms with Crippen LogP contribution >= 0.6 is 23.2 Å². The predicted octanol–water partition coefficient (Wildman–Crippen LogP) is 3.44. The van der Waals surface area contributed by atoms with Gasteiger partial charge in [-0.05, 0) is 38.5 Å². The molecule has 90 valence electrons. The van der Waals surface area contributed by atoms with Crippen LogP contribution in [0.15, 0.2) is 12.1 Å². The average molecular weight is 270 g/mol. The number of nitrogens with one attached hydrogen (secondary N) is 1. The van der Waals surface area contributed by atoms with Gasteiger partial charge in [-0.1, -0.05) is 29.1 Å². The zero-order chi connectivity index (χ0) is 13.2. The Balaban J connectivity index is 3.03. The molecule has 2 nitrogen and oxygen atoms in total. The molecule has 4 heteroatoms. The summed E-state index contributed by atoms with van der Waals surface area (Å²) in [4.78, 5) is 11.9. The van der Waals surface area contributed by atoms with E-state index in [0.717, 1.165) is 5.56 Å². The van der Waals surface area contributed by atoms with E-state index in [1.165, 1.54) is 0 Å². The maximum atomic E-state index is 11.9. The highest BCUT2D eigenvalue weighted by molar-refractivity contribution is 6.36. The molecule has 0 bridgehead atoms. The summed E-state index contributed by atoms with van der Waals surface area (Å²) in [5.41, 5.74) is 0.441. The second-order valence-electron chi connectivity index (χ2n) is 4.29. The van der Waals surface area contributed by atoms with Crippen molar-refractivity contribution >= 4 is 29.1 Å². The number of carbonyl (C=O) groups excluding carboxylic acids is 1. The summed E-state index contributed by atoms with van der Waals surface area (Å²) in [5.74, 6) is 2.19. The number of amides is 1. The van der Waals surface area contributed by atoms with Crippen molar-refractivity contribution in [2.24, 2.45) is 0 Å². The molecule has 0 radical (unpaired) electrons. The van der Waals surface area contributed by atoms with E-state index in [-0.39, 0.29) is 5.91 Å². The van der Waals surface area contributed by atoms with Gasteiger partial charge in [0.15, 0.2) is 0 Å². The topological polar surface area (TPSA) is 29.1 Å². The molecule has 1 N–H and O–H groups in total. The fourth-order valence-corrected chi connectivity index (χ4v) is 1.66. The summed E-state index contributed by atoms with van der Waals surface area (Å²) >= 11 is 11.9. The molecule has 1 amide bonds. The van der Waals surface area contributed by atoms with Crippen LogP contribution in [-0.2, 0) is 0 Å². The molecule has 17 heavy (non-hydrogen) atoms. The van der Waals surface area contributed by atoms with Crippen LogP contribution in [0.1, 0.15) is 29.8 Å². The Morgan fingerprint density at radius 1 is 1.35 bits per heavy atom. The summed E-state index contributed by atoms with van der Waals surface area (Å²) < 4.78 is 0. The van der Waals surface area contributed by atoms with Gasteiger partial charge in [-0.25, -0.2) is 0 Å². The number of rotatable bonds is 2. The number of benzene rings is 1. The van der Waals surface area contributed by atoms with Gasteiger partial charge in [0.2, 0.25) is 0 Å². The normalized spacial score (nSPS) is 10.8. The largest absolute Gasteiger partial charge is 0.336 e. The Kier molecular flexibility index (Phi) is 4.08. The molecule has 1 rings (SSSR count). The van der Waals surface area contributed by atoms with Crippen molar-refractivity contribution in [1.29, 1.82) is 0 Å². The third-order valence-electron chi connectivity index (χ3n) is 2.33. The first-order valence-corrected chi connectivity index (χ1v) is 5.78. The number of halogens is 2. The zero-order valence-electron chi connectivity index (χ0n) is 9.90. The summed E-state index contributed by atoms with van der Waals surface area (Å²) in [7, 11) is 0. The van der Waals surface area contributed by atoms with Crippen molar-refractivity contribution in [2.45, 2.75) is 26.3 Å². The molecule has 0 fully saturated rings. The number of hydrogen-bond donors (Lipinski definition) is 1. The smallest absolute Gasteiger partial charge is 0.252 e. The molecular formula is C13H13Cl2NO. The Labute approximate surface area is 111 Å². The van der Waals surface area contributed by atoms with Crippen LogP contribution in [0.4, 0.5) is 0 Å². The molecule has 0 aliphatic carbocycles. The number of hydrogen-bond acceptors (Lipinski definition) is 1. The van der Waals surface area contributed by atoms with E-state index in [1.54, 1.807) is 32.9 Å². The first-order chi connectivity index (χ1) is 7.76. The maximum absolute atomic E-state index is 11.9. The molecule has 1 aromatic rings. The van der Waals surface area contributed by atoms with Gasteiger partial charge in [-0.3, -0.25) is 4.79 Å². The molecule has 0 aliphatic rings. The fraction of sp³-hybridized carbons (Fsp3) is 0.308. The van der Waals surface area contributed by atoms with Crippen LogP contribution in [0.25, 0.3) is 0 Å². The Hall–Kier alpha value is -1.17. The summed E-state index contributed by atoms with van der Waals surface area (Å²) in [6.07, 6.45) is 5.30. The lowest BCUT2D eigenvalue weighted by Gasteiger charge is -2.19. The highest BCUT2D eigenvalue weighted by Crippen LogP contribution is 2.25. The van der Waals surface area contributed by atoms with E-state index in [9.17, 15) is 4.79 Å². The van der Waals surface area contributed by atoms with E-state index in [1.807, 2.05) is 0 Å². The molecule has 0 aromatic heterocycles. The Morgan fingerprint density at radius 3 is 2.24 bits per heavy atom. The van der Waals surface area contributed by atoms with Crippen molar-refractivity contribution in [3.8, 4) is 12.3 Å². The van der Waals surface area contributed by atoms with E-state index in [2.05, 4.69) is 11.2 Å². The lowest BCUT2D eigenvalue weighted by molar-refractivity contribution is 0.0930. The van der Waals surface area contributed by atoms with Gasteiger partial charge >= 0.3 is 0 Å². The fourth-order valence-electron chi connectivity index (χ4n) is 1.17. The third-order valence-corrected chi connectivity index (χ3v) is 3.12. The van der Waals surface area contributed by atoms with E-state index in [0.29, 0.717) is 15.6 Å². The third kappa shape index (κ3) is 3.39. The van der Waals surface area contributed by atoms with Crippen molar-refractivity contribution < 1.29 is 4.79 Å². The second kappa shape index (κ2) is 5.00. The zero-order valence-corrected chi connectivity index (χ0v) is 11.4. The monoisotopic (exact) mass is 269 g/mol.